The van der Waals surface area contributed by atoms with E-state index in [1.165, 1.54) is 0 Å². The fourth-order valence-corrected chi connectivity index (χ4v) is 3.72. The molecule has 0 amide bonds. The third-order valence-corrected chi connectivity index (χ3v) is 5.36. The van der Waals surface area contributed by atoms with E-state index < -0.39 is 11.4 Å². The van der Waals surface area contributed by atoms with Crippen LogP contribution in [0.2, 0.25) is 0 Å². The molecule has 6 heteroatoms. The van der Waals surface area contributed by atoms with Gasteiger partial charge in [0, 0.05) is 39.5 Å². The topological polar surface area (TPSA) is 68.2 Å². The van der Waals surface area contributed by atoms with Crippen molar-refractivity contribution in [3.05, 3.63) is 29.8 Å². The van der Waals surface area contributed by atoms with Crippen molar-refractivity contribution >= 4 is 5.97 Å². The van der Waals surface area contributed by atoms with E-state index in [0.717, 1.165) is 57.0 Å². The monoisotopic (exact) mass is 363 g/mol. The molecule has 1 N–H and O–H groups in total. The van der Waals surface area contributed by atoms with Gasteiger partial charge in [-0.05, 0) is 43.4 Å². The summed E-state index contributed by atoms with van der Waals surface area (Å²) in [7, 11) is 0. The molecule has 3 rings (SSSR count). The lowest BCUT2D eigenvalue weighted by Crippen LogP contribution is -2.41. The third-order valence-electron chi connectivity index (χ3n) is 5.36. The van der Waals surface area contributed by atoms with Crippen LogP contribution in [-0.2, 0) is 19.7 Å². The number of ether oxygens (including phenoxy) is 3. The van der Waals surface area contributed by atoms with Crippen LogP contribution >= 0.6 is 0 Å². The third kappa shape index (κ3) is 4.75. The quantitative estimate of drug-likeness (QED) is 0.750. The molecule has 6 nitrogen and oxygen atoms in total. The minimum absolute atomic E-state index is 0.492. The fraction of sp³-hybridized carbons (Fsp3) is 0.650. The Kier molecular flexibility index (Phi) is 6.88. The van der Waals surface area contributed by atoms with Crippen molar-refractivity contribution in [2.75, 3.05) is 52.7 Å². The average molecular weight is 363 g/mol. The van der Waals surface area contributed by atoms with Gasteiger partial charge in [-0.1, -0.05) is 12.1 Å². The van der Waals surface area contributed by atoms with Gasteiger partial charge in [0.05, 0.1) is 18.6 Å². The van der Waals surface area contributed by atoms with Gasteiger partial charge < -0.3 is 24.2 Å². The molecule has 2 fully saturated rings. The highest BCUT2D eigenvalue weighted by Gasteiger charge is 2.41. The number of benzene rings is 1. The molecule has 2 aliphatic heterocycles. The van der Waals surface area contributed by atoms with E-state index in [1.807, 2.05) is 24.3 Å². The van der Waals surface area contributed by atoms with Gasteiger partial charge in [0.25, 0.3) is 0 Å². The Bertz CT molecular complexity index is 560. The van der Waals surface area contributed by atoms with Crippen molar-refractivity contribution in [2.24, 2.45) is 0 Å². The molecular formula is C20H29NO5. The maximum atomic E-state index is 11.8. The van der Waals surface area contributed by atoms with E-state index in [4.69, 9.17) is 14.2 Å². The Morgan fingerprint density at radius 3 is 2.54 bits per heavy atom. The molecule has 0 bridgehead atoms. The van der Waals surface area contributed by atoms with E-state index >= 15 is 0 Å². The van der Waals surface area contributed by atoms with Gasteiger partial charge in [0.1, 0.15) is 5.75 Å². The molecule has 26 heavy (non-hydrogen) atoms. The first kappa shape index (κ1) is 19.1. The molecule has 0 saturated carbocycles. The average Bonchev–Trinajstić information content (AvgIpc) is 2.95. The van der Waals surface area contributed by atoms with Gasteiger partial charge in [0.2, 0.25) is 0 Å². The zero-order chi connectivity index (χ0) is 18.2. The van der Waals surface area contributed by atoms with Crippen molar-refractivity contribution in [3.63, 3.8) is 0 Å². The number of carbonyl (C=O) groups is 1. The van der Waals surface area contributed by atoms with Gasteiger partial charge in [-0.2, -0.15) is 0 Å². The maximum Gasteiger partial charge on any atom is 0.314 e. The van der Waals surface area contributed by atoms with Gasteiger partial charge in [-0.3, -0.25) is 4.79 Å². The Morgan fingerprint density at radius 2 is 1.81 bits per heavy atom. The SMILES string of the molecule is O=C(O)C1(c2ccc(OCCCN3CCCOCC3)cc2)CCOCC1. The van der Waals surface area contributed by atoms with Crippen LogP contribution in [0.4, 0.5) is 0 Å². The Labute approximate surface area is 155 Å². The summed E-state index contributed by atoms with van der Waals surface area (Å²) in [5.74, 6) is 0.0245. The van der Waals surface area contributed by atoms with Crippen molar-refractivity contribution in [1.82, 2.24) is 4.90 Å². The van der Waals surface area contributed by atoms with Crippen molar-refractivity contribution in [1.29, 1.82) is 0 Å². The summed E-state index contributed by atoms with van der Waals surface area (Å²) in [6.45, 7) is 6.43. The van der Waals surface area contributed by atoms with Crippen LogP contribution in [0.1, 0.15) is 31.2 Å². The van der Waals surface area contributed by atoms with E-state index in [9.17, 15) is 9.90 Å². The summed E-state index contributed by atoms with van der Waals surface area (Å²) in [6, 6.07) is 7.55. The van der Waals surface area contributed by atoms with Crippen LogP contribution in [0.3, 0.4) is 0 Å². The smallest absolute Gasteiger partial charge is 0.314 e. The lowest BCUT2D eigenvalue weighted by molar-refractivity contribution is -0.147. The number of aliphatic carboxylic acids is 1. The van der Waals surface area contributed by atoms with Gasteiger partial charge in [-0.15, -0.1) is 0 Å². The van der Waals surface area contributed by atoms with E-state index in [0.29, 0.717) is 32.7 Å². The molecule has 0 aliphatic carbocycles. The lowest BCUT2D eigenvalue weighted by atomic mass is 9.74. The fourth-order valence-electron chi connectivity index (χ4n) is 3.72. The number of carboxylic acids is 1. The minimum Gasteiger partial charge on any atom is -0.494 e. The summed E-state index contributed by atoms with van der Waals surface area (Å²) >= 11 is 0. The normalized spacial score (nSPS) is 21.1. The molecule has 1 aromatic carbocycles. The van der Waals surface area contributed by atoms with Crippen LogP contribution in [-0.4, -0.2) is 68.6 Å². The molecule has 144 valence electrons. The van der Waals surface area contributed by atoms with E-state index in [2.05, 4.69) is 4.90 Å². The van der Waals surface area contributed by atoms with Gasteiger partial charge in [0.15, 0.2) is 0 Å². The second-order valence-electron chi connectivity index (χ2n) is 7.03. The van der Waals surface area contributed by atoms with Crippen LogP contribution in [0.25, 0.3) is 0 Å². The zero-order valence-electron chi connectivity index (χ0n) is 15.3. The molecule has 0 radical (unpaired) electrons. The predicted molar refractivity (Wildman–Crippen MR) is 97.8 cm³/mol. The highest BCUT2D eigenvalue weighted by atomic mass is 16.5. The largest absolute Gasteiger partial charge is 0.494 e. The number of hydrogen-bond acceptors (Lipinski definition) is 5. The maximum absolute atomic E-state index is 11.8. The van der Waals surface area contributed by atoms with Crippen molar-refractivity contribution < 1.29 is 24.1 Å². The van der Waals surface area contributed by atoms with Crippen LogP contribution in [0.15, 0.2) is 24.3 Å². The molecule has 1 aromatic rings. The zero-order valence-corrected chi connectivity index (χ0v) is 15.3. The van der Waals surface area contributed by atoms with E-state index in [-0.39, 0.29) is 0 Å². The van der Waals surface area contributed by atoms with Gasteiger partial charge in [-0.25, -0.2) is 0 Å². The summed E-state index contributed by atoms with van der Waals surface area (Å²) in [5.41, 5.74) is 0.0104. The van der Waals surface area contributed by atoms with Gasteiger partial charge >= 0.3 is 5.97 Å². The van der Waals surface area contributed by atoms with Crippen LogP contribution < -0.4 is 4.74 Å². The van der Waals surface area contributed by atoms with Crippen molar-refractivity contribution in [3.8, 4) is 5.75 Å². The summed E-state index contributed by atoms with van der Waals surface area (Å²) in [5, 5.41) is 9.73. The molecular weight excluding hydrogens is 334 g/mol. The molecule has 2 heterocycles. The molecule has 2 saturated heterocycles. The Morgan fingerprint density at radius 1 is 1.08 bits per heavy atom. The first-order chi connectivity index (χ1) is 12.7. The number of rotatable bonds is 7. The summed E-state index contributed by atoms with van der Waals surface area (Å²) in [6.07, 6.45) is 3.10. The Hall–Kier alpha value is -1.63. The number of hydrogen-bond donors (Lipinski definition) is 1. The first-order valence-electron chi connectivity index (χ1n) is 9.55. The predicted octanol–water partition coefficient (Wildman–Crippen LogP) is 2.31. The van der Waals surface area contributed by atoms with Crippen molar-refractivity contribution in [2.45, 2.75) is 31.1 Å². The molecule has 2 aliphatic rings. The summed E-state index contributed by atoms with van der Waals surface area (Å²) in [4.78, 5) is 14.3. The number of carboxylic acid groups (broad SMARTS) is 1. The Balaban J connectivity index is 1.48. The lowest BCUT2D eigenvalue weighted by Gasteiger charge is -2.33. The molecule has 0 atom stereocenters. The molecule has 0 spiro atoms. The minimum atomic E-state index is -0.828. The molecule has 0 unspecified atom stereocenters. The second-order valence-corrected chi connectivity index (χ2v) is 7.03. The second kappa shape index (κ2) is 9.35. The molecule has 0 aromatic heterocycles. The van der Waals surface area contributed by atoms with Crippen LogP contribution in [0.5, 0.6) is 5.75 Å². The highest BCUT2D eigenvalue weighted by Crippen LogP contribution is 2.35. The van der Waals surface area contributed by atoms with E-state index in [1.54, 1.807) is 0 Å². The standard InChI is InChI=1S/C20H29NO5/c22-19(23)20(7-14-25-15-8-20)17-3-5-18(6-4-17)26-13-2-10-21-9-1-12-24-16-11-21/h3-6H,1-2,7-16H2,(H,22,23). The highest BCUT2D eigenvalue weighted by molar-refractivity contribution is 5.81. The summed E-state index contributed by atoms with van der Waals surface area (Å²) < 4.78 is 16.6. The first-order valence-corrected chi connectivity index (χ1v) is 9.55. The van der Waals surface area contributed by atoms with Crippen LogP contribution in [0, 0.1) is 0 Å². The number of nitrogens with zero attached hydrogens (tertiary/aromatic N) is 1.